The van der Waals surface area contributed by atoms with Crippen molar-refractivity contribution in [1.29, 1.82) is 0 Å². The monoisotopic (exact) mass is 299 g/mol. The average Bonchev–Trinajstić information content (AvgIpc) is 2.47. The first-order chi connectivity index (χ1) is 5.77. The molecule has 0 unspecified atom stereocenters. The Morgan fingerprint density at radius 3 is 2.77 bits per heavy atom. The lowest BCUT2D eigenvalue weighted by Crippen LogP contribution is -2.43. The molecule has 1 atom stereocenters. The smallest absolute Gasteiger partial charge is 0.194 e. The number of nitrogens with zero attached hydrogens (tertiary/aromatic N) is 2. The van der Waals surface area contributed by atoms with Gasteiger partial charge in [0.1, 0.15) is 0 Å². The Morgan fingerprint density at radius 1 is 1.69 bits per heavy atom. The Hall–Kier alpha value is -0.0400. The molecule has 0 radical (unpaired) electrons. The van der Waals surface area contributed by atoms with Gasteiger partial charge in [-0.3, -0.25) is 4.99 Å². The van der Waals surface area contributed by atoms with Gasteiger partial charge in [0.25, 0.3) is 0 Å². The Bertz CT molecular complexity index is 171. The van der Waals surface area contributed by atoms with Crippen LogP contribution in [0.5, 0.6) is 0 Å². The molecular weight excluding hydrogens is 281 g/mol. The zero-order valence-electron chi connectivity index (χ0n) is 8.16. The summed E-state index contributed by atoms with van der Waals surface area (Å²) in [6.07, 6.45) is 0.920. The molecule has 0 amide bonds. The molecule has 2 N–H and O–H groups in total. The molecule has 0 spiro atoms. The second-order valence-electron chi connectivity index (χ2n) is 3.06. The van der Waals surface area contributed by atoms with Crippen LogP contribution in [-0.2, 0) is 0 Å². The average molecular weight is 299 g/mol. The van der Waals surface area contributed by atoms with Gasteiger partial charge in [-0.2, -0.15) is 0 Å². The van der Waals surface area contributed by atoms with E-state index in [0.717, 1.165) is 25.5 Å². The van der Waals surface area contributed by atoms with Crippen molar-refractivity contribution in [3.63, 3.8) is 0 Å². The summed E-state index contributed by atoms with van der Waals surface area (Å²) in [5.41, 5.74) is 0. The lowest BCUT2D eigenvalue weighted by atomic mass is 10.2. The summed E-state index contributed by atoms with van der Waals surface area (Å²) in [5, 5.41) is 12.1. The van der Waals surface area contributed by atoms with E-state index < -0.39 is 0 Å². The van der Waals surface area contributed by atoms with Crippen LogP contribution in [0.25, 0.3) is 0 Å². The fourth-order valence-electron chi connectivity index (χ4n) is 1.15. The molecule has 0 aromatic rings. The first-order valence-corrected chi connectivity index (χ1v) is 4.41. The van der Waals surface area contributed by atoms with Gasteiger partial charge in [0.15, 0.2) is 5.96 Å². The van der Waals surface area contributed by atoms with Crippen molar-refractivity contribution < 1.29 is 5.11 Å². The molecule has 5 heteroatoms. The first-order valence-electron chi connectivity index (χ1n) is 4.41. The van der Waals surface area contributed by atoms with E-state index in [9.17, 15) is 0 Å². The van der Waals surface area contributed by atoms with Crippen molar-refractivity contribution in [2.45, 2.75) is 19.4 Å². The predicted molar refractivity (Wildman–Crippen MR) is 64.6 cm³/mol. The van der Waals surface area contributed by atoms with E-state index in [1.165, 1.54) is 0 Å². The summed E-state index contributed by atoms with van der Waals surface area (Å²) in [6, 6.07) is 0.143. The number of rotatable bonds is 3. The van der Waals surface area contributed by atoms with E-state index in [4.69, 9.17) is 5.11 Å². The molecule has 0 aromatic heterocycles. The summed E-state index contributed by atoms with van der Waals surface area (Å²) in [5.74, 6) is 0.913. The van der Waals surface area contributed by atoms with Crippen LogP contribution in [0.15, 0.2) is 4.99 Å². The standard InChI is InChI=1S/C8H17N3O.HI/c1-3-7(6-12)10-8-9-4-5-11(8)2;/h7,12H,3-6H2,1-2H3,(H,9,10);1H/t7-;/m0./s1. The molecule has 0 aromatic carbocycles. The Morgan fingerprint density at radius 2 is 2.38 bits per heavy atom. The molecule has 1 heterocycles. The third-order valence-electron chi connectivity index (χ3n) is 2.10. The van der Waals surface area contributed by atoms with E-state index in [-0.39, 0.29) is 36.6 Å². The maximum atomic E-state index is 8.94. The van der Waals surface area contributed by atoms with E-state index in [1.807, 2.05) is 14.0 Å². The number of hydrogen-bond acceptors (Lipinski definition) is 4. The number of nitrogens with one attached hydrogen (secondary N) is 1. The highest BCUT2D eigenvalue weighted by molar-refractivity contribution is 14.0. The SMILES string of the molecule is CC[C@@H](CO)NC1=NCCN1C.I. The number of hydrogen-bond donors (Lipinski definition) is 2. The Balaban J connectivity index is 0.00000144. The fraction of sp³-hybridized carbons (Fsp3) is 0.875. The molecule has 1 rings (SSSR count). The highest BCUT2D eigenvalue weighted by Crippen LogP contribution is 1.98. The summed E-state index contributed by atoms with van der Waals surface area (Å²) < 4.78 is 0. The molecule has 1 aliphatic rings. The number of aliphatic hydroxyl groups excluding tert-OH is 1. The first kappa shape index (κ1) is 13.0. The molecule has 0 fully saturated rings. The minimum absolute atomic E-state index is 0. The van der Waals surface area contributed by atoms with Gasteiger partial charge in [0.05, 0.1) is 19.2 Å². The largest absolute Gasteiger partial charge is 0.394 e. The van der Waals surface area contributed by atoms with Crippen LogP contribution in [0.3, 0.4) is 0 Å². The molecule has 13 heavy (non-hydrogen) atoms. The quantitative estimate of drug-likeness (QED) is 0.735. The van der Waals surface area contributed by atoms with Crippen LogP contribution in [0.4, 0.5) is 0 Å². The van der Waals surface area contributed by atoms with Crippen molar-refractivity contribution in [2.24, 2.45) is 4.99 Å². The molecule has 0 aliphatic carbocycles. The normalized spacial score (nSPS) is 17.8. The van der Waals surface area contributed by atoms with Gasteiger partial charge < -0.3 is 15.3 Å². The third-order valence-corrected chi connectivity index (χ3v) is 2.10. The van der Waals surface area contributed by atoms with Crippen molar-refractivity contribution >= 4 is 29.9 Å². The third kappa shape index (κ3) is 3.68. The lowest BCUT2D eigenvalue weighted by molar-refractivity contribution is 0.250. The van der Waals surface area contributed by atoms with E-state index >= 15 is 0 Å². The summed E-state index contributed by atoms with van der Waals surface area (Å²) in [4.78, 5) is 6.34. The Kier molecular flexibility index (Phi) is 6.40. The molecule has 0 saturated carbocycles. The van der Waals surface area contributed by atoms with E-state index in [1.54, 1.807) is 0 Å². The minimum Gasteiger partial charge on any atom is -0.394 e. The molecule has 4 nitrogen and oxygen atoms in total. The van der Waals surface area contributed by atoms with Gasteiger partial charge in [-0.1, -0.05) is 6.92 Å². The maximum Gasteiger partial charge on any atom is 0.194 e. The molecule has 0 saturated heterocycles. The topological polar surface area (TPSA) is 47.9 Å². The predicted octanol–water partition coefficient (Wildman–Crippen LogP) is 0.266. The van der Waals surface area contributed by atoms with Gasteiger partial charge >= 0.3 is 0 Å². The highest BCUT2D eigenvalue weighted by atomic mass is 127. The van der Waals surface area contributed by atoms with Crippen LogP contribution < -0.4 is 5.32 Å². The molecular formula is C8H18IN3O. The van der Waals surface area contributed by atoms with Crippen LogP contribution in [0.1, 0.15) is 13.3 Å². The number of halogens is 1. The van der Waals surface area contributed by atoms with Crippen molar-refractivity contribution in [1.82, 2.24) is 10.2 Å². The number of aliphatic imine (C=N–C) groups is 1. The summed E-state index contributed by atoms with van der Waals surface area (Å²) >= 11 is 0. The second-order valence-corrected chi connectivity index (χ2v) is 3.06. The summed E-state index contributed by atoms with van der Waals surface area (Å²) in [7, 11) is 2.00. The Labute approximate surface area is 96.4 Å². The zero-order chi connectivity index (χ0) is 8.97. The maximum absolute atomic E-state index is 8.94. The molecule has 1 aliphatic heterocycles. The van der Waals surface area contributed by atoms with E-state index in [2.05, 4.69) is 15.2 Å². The van der Waals surface area contributed by atoms with Gasteiger partial charge in [-0.15, -0.1) is 24.0 Å². The minimum atomic E-state index is 0. The van der Waals surface area contributed by atoms with Crippen molar-refractivity contribution in [3.8, 4) is 0 Å². The van der Waals surface area contributed by atoms with Crippen LogP contribution in [-0.4, -0.2) is 48.8 Å². The number of likely N-dealkylation sites (N-methyl/N-ethyl adjacent to an activating group) is 1. The molecule has 78 valence electrons. The van der Waals surface area contributed by atoms with Gasteiger partial charge in [-0.25, -0.2) is 0 Å². The van der Waals surface area contributed by atoms with Crippen molar-refractivity contribution in [3.05, 3.63) is 0 Å². The zero-order valence-corrected chi connectivity index (χ0v) is 10.5. The van der Waals surface area contributed by atoms with Crippen LogP contribution in [0, 0.1) is 0 Å². The van der Waals surface area contributed by atoms with Gasteiger partial charge in [-0.05, 0) is 6.42 Å². The molecule has 0 bridgehead atoms. The van der Waals surface area contributed by atoms with Gasteiger partial charge in [0, 0.05) is 13.6 Å². The van der Waals surface area contributed by atoms with Crippen LogP contribution in [0.2, 0.25) is 0 Å². The lowest BCUT2D eigenvalue weighted by Gasteiger charge is -2.20. The van der Waals surface area contributed by atoms with Crippen LogP contribution >= 0.6 is 24.0 Å². The fourth-order valence-corrected chi connectivity index (χ4v) is 1.15. The van der Waals surface area contributed by atoms with E-state index in [0.29, 0.717) is 0 Å². The summed E-state index contributed by atoms with van der Waals surface area (Å²) in [6.45, 7) is 4.05. The van der Waals surface area contributed by atoms with Gasteiger partial charge in [0.2, 0.25) is 0 Å². The number of aliphatic hydroxyl groups is 1. The van der Waals surface area contributed by atoms with Crippen molar-refractivity contribution in [2.75, 3.05) is 26.7 Å². The number of guanidine groups is 1. The second kappa shape index (κ2) is 6.42. The highest BCUT2D eigenvalue weighted by Gasteiger charge is 2.14.